The van der Waals surface area contributed by atoms with Gasteiger partial charge in [0.25, 0.3) is 0 Å². The van der Waals surface area contributed by atoms with E-state index in [1.807, 2.05) is 4.90 Å². The SMILES string of the molecule is CC1CCCN(C(=O)NCCc2ncno2)C1. The van der Waals surface area contributed by atoms with Crippen molar-refractivity contribution in [1.82, 2.24) is 20.4 Å². The zero-order valence-electron chi connectivity index (χ0n) is 10.1. The van der Waals surface area contributed by atoms with Gasteiger partial charge < -0.3 is 14.7 Å². The zero-order valence-corrected chi connectivity index (χ0v) is 10.1. The van der Waals surface area contributed by atoms with Gasteiger partial charge in [0, 0.05) is 26.1 Å². The first-order valence-corrected chi connectivity index (χ1v) is 6.04. The third-order valence-corrected chi connectivity index (χ3v) is 2.97. The highest BCUT2D eigenvalue weighted by molar-refractivity contribution is 5.74. The summed E-state index contributed by atoms with van der Waals surface area (Å²) < 4.78 is 4.85. The lowest BCUT2D eigenvalue weighted by molar-refractivity contribution is 0.170. The van der Waals surface area contributed by atoms with E-state index < -0.39 is 0 Å². The molecule has 6 heteroatoms. The third kappa shape index (κ3) is 3.44. The average molecular weight is 238 g/mol. The number of aromatic nitrogens is 2. The van der Waals surface area contributed by atoms with E-state index in [4.69, 9.17) is 4.52 Å². The Morgan fingerprint density at radius 1 is 1.71 bits per heavy atom. The van der Waals surface area contributed by atoms with Crippen molar-refractivity contribution in [3.63, 3.8) is 0 Å². The molecule has 1 N–H and O–H groups in total. The van der Waals surface area contributed by atoms with Gasteiger partial charge in [-0.2, -0.15) is 4.98 Å². The average Bonchev–Trinajstić information content (AvgIpc) is 2.82. The molecule has 1 aliphatic rings. The predicted molar refractivity (Wildman–Crippen MR) is 61.4 cm³/mol. The fourth-order valence-electron chi connectivity index (χ4n) is 2.07. The summed E-state index contributed by atoms with van der Waals surface area (Å²) in [6.45, 7) is 4.42. The van der Waals surface area contributed by atoms with E-state index in [1.165, 1.54) is 12.7 Å². The minimum Gasteiger partial charge on any atom is -0.340 e. The Labute approximate surface area is 100 Å². The number of urea groups is 1. The molecule has 2 heterocycles. The Bertz CT molecular complexity index is 352. The lowest BCUT2D eigenvalue weighted by Gasteiger charge is -2.30. The van der Waals surface area contributed by atoms with E-state index in [0.29, 0.717) is 24.8 Å². The molecule has 1 aromatic heterocycles. The van der Waals surface area contributed by atoms with Gasteiger partial charge in [-0.25, -0.2) is 4.79 Å². The van der Waals surface area contributed by atoms with E-state index in [1.54, 1.807) is 0 Å². The Morgan fingerprint density at radius 3 is 3.29 bits per heavy atom. The molecule has 1 unspecified atom stereocenters. The Hall–Kier alpha value is -1.59. The molecule has 1 saturated heterocycles. The first-order valence-electron chi connectivity index (χ1n) is 6.04. The summed E-state index contributed by atoms with van der Waals surface area (Å²) >= 11 is 0. The number of hydrogen-bond donors (Lipinski definition) is 1. The fraction of sp³-hybridized carbons (Fsp3) is 0.727. The summed E-state index contributed by atoms with van der Waals surface area (Å²) in [5.74, 6) is 1.16. The Kier molecular flexibility index (Phi) is 3.95. The van der Waals surface area contributed by atoms with Crippen LogP contribution in [0.1, 0.15) is 25.7 Å². The molecule has 1 aliphatic heterocycles. The molecule has 94 valence electrons. The molecule has 0 bridgehead atoms. The van der Waals surface area contributed by atoms with Gasteiger partial charge >= 0.3 is 6.03 Å². The fourth-order valence-corrected chi connectivity index (χ4v) is 2.07. The van der Waals surface area contributed by atoms with Crippen LogP contribution in [0.25, 0.3) is 0 Å². The van der Waals surface area contributed by atoms with Crippen LogP contribution < -0.4 is 5.32 Å². The normalized spacial score (nSPS) is 20.3. The number of carbonyl (C=O) groups excluding carboxylic acids is 1. The molecule has 2 amide bonds. The topological polar surface area (TPSA) is 71.3 Å². The summed E-state index contributed by atoms with van der Waals surface area (Å²) in [4.78, 5) is 17.6. The first-order chi connectivity index (χ1) is 8.25. The summed E-state index contributed by atoms with van der Waals surface area (Å²) in [5, 5.41) is 6.38. The molecule has 1 aromatic rings. The number of amides is 2. The van der Waals surface area contributed by atoms with Crippen LogP contribution >= 0.6 is 0 Å². The second kappa shape index (κ2) is 5.65. The summed E-state index contributed by atoms with van der Waals surface area (Å²) in [5.41, 5.74) is 0. The lowest BCUT2D eigenvalue weighted by Crippen LogP contribution is -2.45. The van der Waals surface area contributed by atoms with Crippen molar-refractivity contribution in [2.24, 2.45) is 5.92 Å². The maximum Gasteiger partial charge on any atom is 0.317 e. The van der Waals surface area contributed by atoms with Crippen molar-refractivity contribution in [2.45, 2.75) is 26.2 Å². The van der Waals surface area contributed by atoms with E-state index in [9.17, 15) is 4.79 Å². The summed E-state index contributed by atoms with van der Waals surface area (Å²) in [6, 6.07) is 0.0102. The molecule has 0 spiro atoms. The van der Waals surface area contributed by atoms with Gasteiger partial charge in [-0.05, 0) is 18.8 Å². The molecule has 1 fully saturated rings. The highest BCUT2D eigenvalue weighted by atomic mass is 16.5. The molecule has 17 heavy (non-hydrogen) atoms. The van der Waals surface area contributed by atoms with Crippen LogP contribution in [0.4, 0.5) is 4.79 Å². The summed E-state index contributed by atoms with van der Waals surface area (Å²) in [7, 11) is 0. The smallest absolute Gasteiger partial charge is 0.317 e. The van der Waals surface area contributed by atoms with Crippen molar-refractivity contribution in [3.05, 3.63) is 12.2 Å². The highest BCUT2D eigenvalue weighted by Crippen LogP contribution is 2.15. The number of hydrogen-bond acceptors (Lipinski definition) is 4. The molecule has 0 aromatic carbocycles. The van der Waals surface area contributed by atoms with E-state index in [2.05, 4.69) is 22.4 Å². The maximum absolute atomic E-state index is 11.8. The number of likely N-dealkylation sites (tertiary alicyclic amines) is 1. The van der Waals surface area contributed by atoms with Crippen LogP contribution in [0.5, 0.6) is 0 Å². The van der Waals surface area contributed by atoms with Crippen LogP contribution in [-0.2, 0) is 6.42 Å². The second-order valence-electron chi connectivity index (χ2n) is 4.51. The third-order valence-electron chi connectivity index (χ3n) is 2.97. The number of nitrogens with zero attached hydrogens (tertiary/aromatic N) is 3. The van der Waals surface area contributed by atoms with Gasteiger partial charge in [0.05, 0.1) is 0 Å². The standard InChI is InChI=1S/C11H18N4O2/c1-9-3-2-6-15(7-9)11(16)12-5-4-10-13-8-14-17-10/h8-9H,2-7H2,1H3,(H,12,16). The Balaban J connectivity index is 1.70. The van der Waals surface area contributed by atoms with Gasteiger partial charge in [-0.3, -0.25) is 0 Å². The van der Waals surface area contributed by atoms with Crippen molar-refractivity contribution in [3.8, 4) is 0 Å². The Morgan fingerprint density at radius 2 is 2.59 bits per heavy atom. The second-order valence-corrected chi connectivity index (χ2v) is 4.51. The molecule has 6 nitrogen and oxygen atoms in total. The van der Waals surface area contributed by atoms with Gasteiger partial charge in [-0.1, -0.05) is 12.1 Å². The maximum atomic E-state index is 11.8. The van der Waals surface area contributed by atoms with Gasteiger partial charge in [0.2, 0.25) is 5.89 Å². The molecule has 2 rings (SSSR count). The quantitative estimate of drug-likeness (QED) is 0.854. The minimum atomic E-state index is 0.0102. The molecular weight excluding hydrogens is 220 g/mol. The zero-order chi connectivity index (χ0) is 12.1. The van der Waals surface area contributed by atoms with E-state index in [0.717, 1.165) is 19.5 Å². The van der Waals surface area contributed by atoms with Crippen molar-refractivity contribution in [2.75, 3.05) is 19.6 Å². The molecular formula is C11H18N4O2. The number of piperidine rings is 1. The number of carbonyl (C=O) groups is 1. The monoisotopic (exact) mass is 238 g/mol. The molecule has 0 saturated carbocycles. The predicted octanol–water partition coefficient (Wildman–Crippen LogP) is 1.05. The van der Waals surface area contributed by atoms with Gasteiger partial charge in [0.1, 0.15) is 0 Å². The summed E-state index contributed by atoms with van der Waals surface area (Å²) in [6.07, 6.45) is 4.25. The number of rotatable bonds is 3. The molecule has 0 aliphatic carbocycles. The van der Waals surface area contributed by atoms with Gasteiger partial charge in [-0.15, -0.1) is 0 Å². The lowest BCUT2D eigenvalue weighted by atomic mass is 10.0. The highest BCUT2D eigenvalue weighted by Gasteiger charge is 2.20. The van der Waals surface area contributed by atoms with Crippen LogP contribution in [-0.4, -0.2) is 40.7 Å². The minimum absolute atomic E-state index is 0.0102. The van der Waals surface area contributed by atoms with Crippen molar-refractivity contribution in [1.29, 1.82) is 0 Å². The molecule has 1 atom stereocenters. The van der Waals surface area contributed by atoms with E-state index in [-0.39, 0.29) is 6.03 Å². The number of nitrogens with one attached hydrogen (secondary N) is 1. The van der Waals surface area contributed by atoms with Gasteiger partial charge in [0.15, 0.2) is 6.33 Å². The van der Waals surface area contributed by atoms with Crippen LogP contribution in [0.15, 0.2) is 10.9 Å². The van der Waals surface area contributed by atoms with Crippen molar-refractivity contribution < 1.29 is 9.32 Å². The first kappa shape index (κ1) is 11.9. The van der Waals surface area contributed by atoms with Crippen LogP contribution in [0.3, 0.4) is 0 Å². The molecule has 0 radical (unpaired) electrons. The van der Waals surface area contributed by atoms with Crippen LogP contribution in [0.2, 0.25) is 0 Å². The van der Waals surface area contributed by atoms with Crippen molar-refractivity contribution >= 4 is 6.03 Å². The largest absolute Gasteiger partial charge is 0.340 e. The van der Waals surface area contributed by atoms with Crippen LogP contribution in [0, 0.1) is 5.92 Å². The van der Waals surface area contributed by atoms with E-state index >= 15 is 0 Å².